The van der Waals surface area contributed by atoms with Gasteiger partial charge >= 0.3 is 5.97 Å². The van der Waals surface area contributed by atoms with Gasteiger partial charge in [0.1, 0.15) is 4.21 Å². The molecule has 0 aromatic carbocycles. The average molecular weight is 334 g/mol. The Kier molecular flexibility index (Phi) is 7.30. The minimum absolute atomic E-state index is 0.152. The highest BCUT2D eigenvalue weighted by molar-refractivity contribution is 7.91. The van der Waals surface area contributed by atoms with E-state index in [2.05, 4.69) is 16.5 Å². The van der Waals surface area contributed by atoms with Crippen molar-refractivity contribution in [3.8, 4) is 0 Å². The van der Waals surface area contributed by atoms with Crippen molar-refractivity contribution in [1.82, 2.24) is 9.62 Å². The maximum absolute atomic E-state index is 12.1. The average Bonchev–Trinajstić information content (AvgIpc) is 2.86. The van der Waals surface area contributed by atoms with E-state index in [1.165, 1.54) is 6.07 Å². The molecule has 21 heavy (non-hydrogen) atoms. The van der Waals surface area contributed by atoms with Crippen molar-refractivity contribution in [1.29, 1.82) is 0 Å². The van der Waals surface area contributed by atoms with Crippen LogP contribution in [0.4, 0.5) is 0 Å². The fourth-order valence-corrected chi connectivity index (χ4v) is 4.31. The van der Waals surface area contributed by atoms with E-state index in [9.17, 15) is 13.2 Å². The van der Waals surface area contributed by atoms with Crippen molar-refractivity contribution >= 4 is 27.3 Å². The third-order valence-corrected chi connectivity index (χ3v) is 5.97. The van der Waals surface area contributed by atoms with Gasteiger partial charge < -0.3 is 10.0 Å². The highest BCUT2D eigenvalue weighted by atomic mass is 32.2. The lowest BCUT2D eigenvalue weighted by Crippen LogP contribution is -2.35. The van der Waals surface area contributed by atoms with Gasteiger partial charge in [-0.25, -0.2) is 13.1 Å². The Hall–Kier alpha value is -0.960. The van der Waals surface area contributed by atoms with Crippen molar-refractivity contribution in [3.05, 3.63) is 17.0 Å². The standard InChI is InChI=1S/C13H22N2O4S2/c1-3-8-15(4-2)9-7-14-21(18,19)13-6-5-11(20-13)10-12(16)17/h5-6,14H,3-4,7-10H2,1-2H3,(H,16,17). The van der Waals surface area contributed by atoms with Crippen molar-refractivity contribution < 1.29 is 18.3 Å². The first kappa shape index (κ1) is 18.1. The van der Waals surface area contributed by atoms with Gasteiger partial charge in [0, 0.05) is 18.0 Å². The van der Waals surface area contributed by atoms with Gasteiger partial charge in [-0.05, 0) is 31.6 Å². The number of carboxylic acids is 1. The second kappa shape index (κ2) is 8.47. The summed E-state index contributed by atoms with van der Waals surface area (Å²) < 4.78 is 26.9. The Bertz CT molecular complexity index is 554. The van der Waals surface area contributed by atoms with Crippen LogP contribution in [0.1, 0.15) is 25.1 Å². The molecule has 1 rings (SSSR count). The smallest absolute Gasteiger partial charge is 0.308 e. The summed E-state index contributed by atoms with van der Waals surface area (Å²) in [6, 6.07) is 3.00. The number of nitrogens with zero attached hydrogens (tertiary/aromatic N) is 1. The fourth-order valence-electron chi connectivity index (χ4n) is 1.90. The molecule has 0 aliphatic carbocycles. The molecule has 0 amide bonds. The molecular weight excluding hydrogens is 312 g/mol. The first-order valence-electron chi connectivity index (χ1n) is 6.91. The van der Waals surface area contributed by atoms with Crippen LogP contribution in [0.25, 0.3) is 0 Å². The molecule has 0 unspecified atom stereocenters. The molecule has 0 radical (unpaired) electrons. The van der Waals surface area contributed by atoms with Crippen LogP contribution in [0.2, 0.25) is 0 Å². The van der Waals surface area contributed by atoms with Gasteiger partial charge in [-0.3, -0.25) is 4.79 Å². The van der Waals surface area contributed by atoms with E-state index in [0.717, 1.165) is 30.8 Å². The van der Waals surface area contributed by atoms with Crippen molar-refractivity contribution in [3.63, 3.8) is 0 Å². The summed E-state index contributed by atoms with van der Waals surface area (Å²) in [6.45, 7) is 6.97. The molecule has 0 saturated heterocycles. The van der Waals surface area contributed by atoms with Gasteiger partial charge in [0.05, 0.1) is 6.42 Å². The van der Waals surface area contributed by atoms with E-state index >= 15 is 0 Å². The van der Waals surface area contributed by atoms with Crippen LogP contribution >= 0.6 is 11.3 Å². The second-order valence-electron chi connectivity index (χ2n) is 4.62. The maximum Gasteiger partial charge on any atom is 0.308 e. The predicted molar refractivity (Wildman–Crippen MR) is 83.3 cm³/mol. The zero-order valence-electron chi connectivity index (χ0n) is 12.3. The van der Waals surface area contributed by atoms with Gasteiger partial charge in [0.25, 0.3) is 0 Å². The highest BCUT2D eigenvalue weighted by Gasteiger charge is 2.17. The number of nitrogens with one attached hydrogen (secondary N) is 1. The summed E-state index contributed by atoms with van der Waals surface area (Å²) in [7, 11) is -3.55. The first-order chi connectivity index (χ1) is 9.89. The number of sulfonamides is 1. The quantitative estimate of drug-likeness (QED) is 0.675. The normalized spacial score (nSPS) is 12.0. The van der Waals surface area contributed by atoms with Gasteiger partial charge in [0.2, 0.25) is 10.0 Å². The summed E-state index contributed by atoms with van der Waals surface area (Å²) in [4.78, 5) is 13.3. The van der Waals surface area contributed by atoms with E-state index in [1.807, 2.05) is 6.92 Å². The summed E-state index contributed by atoms with van der Waals surface area (Å²) in [5, 5.41) is 8.70. The summed E-state index contributed by atoms with van der Waals surface area (Å²) in [5.74, 6) is -0.966. The van der Waals surface area contributed by atoms with Crippen LogP contribution in [0.5, 0.6) is 0 Å². The van der Waals surface area contributed by atoms with E-state index in [4.69, 9.17) is 5.11 Å². The SMILES string of the molecule is CCCN(CC)CCNS(=O)(=O)c1ccc(CC(=O)O)s1. The molecule has 1 heterocycles. The maximum atomic E-state index is 12.1. The van der Waals surface area contributed by atoms with Gasteiger partial charge in [-0.2, -0.15) is 0 Å². The number of likely N-dealkylation sites (N-methyl/N-ethyl adjacent to an activating group) is 1. The molecule has 0 saturated carbocycles. The molecule has 0 atom stereocenters. The number of aliphatic carboxylic acids is 1. The number of rotatable bonds is 10. The molecule has 0 aliphatic heterocycles. The van der Waals surface area contributed by atoms with Crippen LogP contribution < -0.4 is 4.72 Å². The van der Waals surface area contributed by atoms with Crippen molar-refractivity contribution in [2.45, 2.75) is 30.9 Å². The van der Waals surface area contributed by atoms with E-state index in [-0.39, 0.29) is 10.6 Å². The zero-order valence-corrected chi connectivity index (χ0v) is 14.0. The predicted octanol–water partition coefficient (Wildman–Crippen LogP) is 1.39. The van der Waals surface area contributed by atoms with Gasteiger partial charge in [0.15, 0.2) is 0 Å². The molecule has 8 heteroatoms. The lowest BCUT2D eigenvalue weighted by molar-refractivity contribution is -0.136. The molecule has 6 nitrogen and oxygen atoms in total. The lowest BCUT2D eigenvalue weighted by atomic mass is 10.3. The van der Waals surface area contributed by atoms with Crippen LogP contribution in [-0.2, 0) is 21.2 Å². The lowest BCUT2D eigenvalue weighted by Gasteiger charge is -2.19. The van der Waals surface area contributed by atoms with E-state index in [0.29, 0.717) is 18.0 Å². The molecule has 120 valence electrons. The summed E-state index contributed by atoms with van der Waals surface area (Å²) >= 11 is 0.998. The minimum Gasteiger partial charge on any atom is -0.481 e. The number of thiophene rings is 1. The number of carboxylic acid groups (broad SMARTS) is 1. The minimum atomic E-state index is -3.55. The van der Waals surface area contributed by atoms with Gasteiger partial charge in [-0.1, -0.05) is 13.8 Å². The number of hydrogen-bond donors (Lipinski definition) is 2. The fraction of sp³-hybridized carbons (Fsp3) is 0.615. The summed E-state index contributed by atoms with van der Waals surface area (Å²) in [6.07, 6.45) is 0.879. The Labute approximate surface area is 129 Å². The van der Waals surface area contributed by atoms with E-state index in [1.54, 1.807) is 6.07 Å². The molecule has 2 N–H and O–H groups in total. The molecule has 1 aromatic rings. The molecule has 0 spiro atoms. The van der Waals surface area contributed by atoms with Crippen LogP contribution in [0, 0.1) is 0 Å². The molecule has 0 fully saturated rings. The molecular formula is C13H22N2O4S2. The Morgan fingerprint density at radius 2 is 2.05 bits per heavy atom. The monoisotopic (exact) mass is 334 g/mol. The number of hydrogen-bond acceptors (Lipinski definition) is 5. The van der Waals surface area contributed by atoms with Crippen molar-refractivity contribution in [2.75, 3.05) is 26.2 Å². The molecule has 1 aromatic heterocycles. The Morgan fingerprint density at radius 1 is 1.33 bits per heavy atom. The van der Waals surface area contributed by atoms with Crippen LogP contribution in [0.15, 0.2) is 16.3 Å². The highest BCUT2D eigenvalue weighted by Crippen LogP contribution is 2.21. The number of carbonyl (C=O) groups is 1. The zero-order chi connectivity index (χ0) is 15.9. The van der Waals surface area contributed by atoms with Crippen LogP contribution in [0.3, 0.4) is 0 Å². The Morgan fingerprint density at radius 3 is 2.62 bits per heavy atom. The Balaban J connectivity index is 2.57. The van der Waals surface area contributed by atoms with E-state index < -0.39 is 16.0 Å². The summed E-state index contributed by atoms with van der Waals surface area (Å²) in [5.41, 5.74) is 0. The first-order valence-corrected chi connectivity index (χ1v) is 9.21. The van der Waals surface area contributed by atoms with Gasteiger partial charge in [-0.15, -0.1) is 11.3 Å². The van der Waals surface area contributed by atoms with Crippen molar-refractivity contribution in [2.24, 2.45) is 0 Å². The van der Waals surface area contributed by atoms with Crippen LogP contribution in [-0.4, -0.2) is 50.6 Å². The third kappa shape index (κ3) is 6.13. The largest absolute Gasteiger partial charge is 0.481 e. The third-order valence-electron chi connectivity index (χ3n) is 2.93. The topological polar surface area (TPSA) is 86.7 Å². The second-order valence-corrected chi connectivity index (χ2v) is 7.79. The molecule has 0 aliphatic rings. The molecule has 0 bridgehead atoms.